The molecule has 0 aliphatic carbocycles. The number of ether oxygens (including phenoxy) is 2. The first kappa shape index (κ1) is 20.0. The molecular formula is C22H21N5O5. The fraction of sp³-hybridized carbons (Fsp3) is 0.273. The van der Waals surface area contributed by atoms with Crippen LogP contribution in [0.4, 0.5) is 4.79 Å². The molecule has 32 heavy (non-hydrogen) atoms. The van der Waals surface area contributed by atoms with Crippen LogP contribution in [0.15, 0.2) is 36.2 Å². The van der Waals surface area contributed by atoms with Crippen LogP contribution < -0.4 is 14.8 Å². The van der Waals surface area contributed by atoms with E-state index in [1.54, 1.807) is 37.6 Å². The number of pyridine rings is 1. The molecule has 10 heteroatoms. The highest BCUT2D eigenvalue weighted by Crippen LogP contribution is 2.41. The maximum absolute atomic E-state index is 13.0. The third kappa shape index (κ3) is 3.54. The molecule has 3 aromatic rings. The summed E-state index contributed by atoms with van der Waals surface area (Å²) in [6, 6.07) is 7.00. The molecule has 1 saturated heterocycles. The zero-order chi connectivity index (χ0) is 22.2. The molecule has 2 aliphatic rings. The van der Waals surface area contributed by atoms with Crippen molar-refractivity contribution in [3.8, 4) is 11.5 Å². The van der Waals surface area contributed by atoms with E-state index in [0.717, 1.165) is 23.9 Å². The molecule has 3 N–H and O–H groups in total. The van der Waals surface area contributed by atoms with Crippen molar-refractivity contribution in [1.82, 2.24) is 25.4 Å². The van der Waals surface area contributed by atoms with Gasteiger partial charge in [-0.25, -0.2) is 9.78 Å². The predicted molar refractivity (Wildman–Crippen MR) is 115 cm³/mol. The highest BCUT2D eigenvalue weighted by atomic mass is 16.5. The number of amides is 1. The number of methoxy groups -OCH3 is 1. The Morgan fingerprint density at radius 3 is 3.12 bits per heavy atom. The molecule has 0 unspecified atom stereocenters. The van der Waals surface area contributed by atoms with Gasteiger partial charge in [-0.1, -0.05) is 0 Å². The van der Waals surface area contributed by atoms with Crippen molar-refractivity contribution in [3.63, 3.8) is 0 Å². The van der Waals surface area contributed by atoms with Gasteiger partial charge >= 0.3 is 6.09 Å². The summed E-state index contributed by atoms with van der Waals surface area (Å²) in [6.45, 7) is 1.77. The number of hydrogen-bond donors (Lipinski definition) is 3. The van der Waals surface area contributed by atoms with E-state index >= 15 is 0 Å². The molecule has 2 aliphatic heterocycles. The summed E-state index contributed by atoms with van der Waals surface area (Å²) in [7, 11) is 1.57. The van der Waals surface area contributed by atoms with E-state index in [0.29, 0.717) is 41.5 Å². The fourth-order valence-electron chi connectivity index (χ4n) is 4.23. The normalized spacial score (nSPS) is 19.3. The third-order valence-electron chi connectivity index (χ3n) is 5.73. The van der Waals surface area contributed by atoms with Crippen LogP contribution in [0.3, 0.4) is 0 Å². The summed E-state index contributed by atoms with van der Waals surface area (Å²) < 4.78 is 11.6. The van der Waals surface area contributed by atoms with Crippen molar-refractivity contribution in [2.75, 3.05) is 20.2 Å². The highest BCUT2D eigenvalue weighted by molar-refractivity contribution is 6.15. The van der Waals surface area contributed by atoms with Gasteiger partial charge in [-0.15, -0.1) is 0 Å². The lowest BCUT2D eigenvalue weighted by atomic mass is 10.0. The second-order valence-corrected chi connectivity index (χ2v) is 7.74. The molecule has 1 amide bonds. The number of nitrogens with one attached hydrogen (secondary N) is 2. The van der Waals surface area contributed by atoms with Crippen LogP contribution in [0.2, 0.25) is 0 Å². The van der Waals surface area contributed by atoms with Gasteiger partial charge in [0.15, 0.2) is 11.4 Å². The van der Waals surface area contributed by atoms with Crippen LogP contribution in [0.5, 0.6) is 11.5 Å². The van der Waals surface area contributed by atoms with Crippen LogP contribution in [0.1, 0.15) is 28.0 Å². The molecule has 1 aromatic carbocycles. The summed E-state index contributed by atoms with van der Waals surface area (Å²) in [6.07, 6.45) is 2.97. The van der Waals surface area contributed by atoms with Gasteiger partial charge in [0, 0.05) is 43.3 Å². The Hall–Kier alpha value is -3.92. The first-order valence-corrected chi connectivity index (χ1v) is 10.2. The van der Waals surface area contributed by atoms with E-state index in [-0.39, 0.29) is 17.6 Å². The Kier molecular flexibility index (Phi) is 4.98. The first-order chi connectivity index (χ1) is 15.5. The van der Waals surface area contributed by atoms with Gasteiger partial charge in [0.25, 0.3) is 0 Å². The number of Topliss-reactive ketones (excluding diaryl/α,β-unsaturated/α-hetero) is 1. The molecule has 1 fully saturated rings. The van der Waals surface area contributed by atoms with E-state index in [1.807, 2.05) is 6.07 Å². The molecule has 0 spiro atoms. The Balaban J connectivity index is 1.44. The molecule has 10 nitrogen and oxygen atoms in total. The monoisotopic (exact) mass is 435 g/mol. The van der Waals surface area contributed by atoms with Gasteiger partial charge < -0.3 is 19.9 Å². The third-order valence-corrected chi connectivity index (χ3v) is 5.73. The van der Waals surface area contributed by atoms with Crippen molar-refractivity contribution < 1.29 is 24.2 Å². The topological polar surface area (TPSA) is 130 Å². The highest BCUT2D eigenvalue weighted by Gasteiger charge is 2.33. The largest absolute Gasteiger partial charge is 0.496 e. The maximum atomic E-state index is 13.0. The van der Waals surface area contributed by atoms with Crippen LogP contribution >= 0.6 is 0 Å². The number of nitrogens with zero attached hydrogens (tertiary/aromatic N) is 3. The Bertz CT molecular complexity index is 1250. The van der Waals surface area contributed by atoms with E-state index < -0.39 is 6.09 Å². The smallest absolute Gasteiger partial charge is 0.404 e. The fourth-order valence-corrected chi connectivity index (χ4v) is 4.23. The Morgan fingerprint density at radius 1 is 1.44 bits per heavy atom. The lowest BCUT2D eigenvalue weighted by Gasteiger charge is -2.19. The van der Waals surface area contributed by atoms with Crippen LogP contribution in [-0.4, -0.2) is 63.3 Å². The Morgan fingerprint density at radius 2 is 2.31 bits per heavy atom. The number of carboxylic acid groups (broad SMARTS) is 1. The number of fused-ring (bicyclic) bond motifs is 2. The summed E-state index contributed by atoms with van der Waals surface area (Å²) in [5, 5.41) is 19.4. The number of likely N-dealkylation sites (tertiary alicyclic amines) is 1. The van der Waals surface area contributed by atoms with Gasteiger partial charge in [-0.2, -0.15) is 5.10 Å². The van der Waals surface area contributed by atoms with Crippen molar-refractivity contribution in [2.24, 2.45) is 0 Å². The molecule has 1 atom stereocenters. The molecule has 0 saturated carbocycles. The van der Waals surface area contributed by atoms with Gasteiger partial charge in [0.2, 0.25) is 5.78 Å². The van der Waals surface area contributed by atoms with Crippen molar-refractivity contribution in [1.29, 1.82) is 0 Å². The Labute approximate surface area is 182 Å². The van der Waals surface area contributed by atoms with E-state index in [1.165, 1.54) is 0 Å². The van der Waals surface area contributed by atoms with Crippen LogP contribution in [0.25, 0.3) is 17.1 Å². The van der Waals surface area contributed by atoms with Crippen molar-refractivity contribution in [3.05, 3.63) is 53.0 Å². The van der Waals surface area contributed by atoms with Crippen LogP contribution in [0, 0.1) is 0 Å². The number of carbonyl (C=O) groups excluding carboxylic acids is 1. The minimum absolute atomic E-state index is 0.130. The number of ketones is 1. The zero-order valence-electron chi connectivity index (χ0n) is 17.3. The number of H-pyrrole nitrogens is 1. The summed E-state index contributed by atoms with van der Waals surface area (Å²) in [5.41, 5.74) is 2.42. The standard InChI is InChI=1S/C22H21N5O5/c1-31-17-5-4-14-19(28)18(9-16-13-3-2-7-23-21(13)26-25-16)32-20(14)15(17)11-27-8-6-12(10-27)24-22(29)30/h2-5,7,9,12,24H,6,8,10-11H2,1H3,(H,29,30)(H,23,25,26)/t12-/m1/s1. The molecule has 2 aromatic heterocycles. The van der Waals surface area contributed by atoms with Gasteiger partial charge in [0.1, 0.15) is 11.5 Å². The van der Waals surface area contributed by atoms with Gasteiger partial charge in [-0.3, -0.25) is 14.8 Å². The van der Waals surface area contributed by atoms with E-state index in [2.05, 4.69) is 25.4 Å². The van der Waals surface area contributed by atoms with Gasteiger partial charge in [-0.05, 0) is 30.7 Å². The zero-order valence-corrected chi connectivity index (χ0v) is 17.3. The van der Waals surface area contributed by atoms with Crippen LogP contribution in [-0.2, 0) is 6.54 Å². The molecule has 164 valence electrons. The van der Waals surface area contributed by atoms with E-state index in [9.17, 15) is 9.59 Å². The van der Waals surface area contributed by atoms with Crippen molar-refractivity contribution >= 4 is 29.0 Å². The number of rotatable bonds is 5. The molecule has 0 radical (unpaired) electrons. The van der Waals surface area contributed by atoms with Crippen molar-refractivity contribution in [2.45, 2.75) is 19.0 Å². The predicted octanol–water partition coefficient (Wildman–Crippen LogP) is 2.42. The number of carbonyl (C=O) groups is 2. The van der Waals surface area contributed by atoms with Gasteiger partial charge in [0.05, 0.1) is 23.9 Å². The molecule has 4 heterocycles. The minimum atomic E-state index is -1.03. The number of benzene rings is 1. The maximum Gasteiger partial charge on any atom is 0.404 e. The van der Waals surface area contributed by atoms with E-state index in [4.69, 9.17) is 14.6 Å². The first-order valence-electron chi connectivity index (χ1n) is 10.2. The molecule has 5 rings (SSSR count). The molecular weight excluding hydrogens is 414 g/mol. The quantitative estimate of drug-likeness (QED) is 0.521. The lowest BCUT2D eigenvalue weighted by molar-refractivity contribution is 0.101. The summed E-state index contributed by atoms with van der Waals surface area (Å²) in [4.78, 5) is 30.3. The number of aromatic nitrogens is 3. The number of allylic oxidation sites excluding steroid dienone is 1. The number of hydrogen-bond acceptors (Lipinski definition) is 7. The molecule has 0 bridgehead atoms. The second-order valence-electron chi connectivity index (χ2n) is 7.74. The average molecular weight is 435 g/mol. The number of aromatic amines is 1. The summed E-state index contributed by atoms with van der Waals surface area (Å²) >= 11 is 0. The summed E-state index contributed by atoms with van der Waals surface area (Å²) in [5.74, 6) is 1.03. The lowest BCUT2D eigenvalue weighted by Crippen LogP contribution is -2.35. The minimum Gasteiger partial charge on any atom is -0.496 e. The second kappa shape index (κ2) is 7.97. The average Bonchev–Trinajstić information content (AvgIpc) is 3.47. The SMILES string of the molecule is COc1ccc2c(c1CN1CC[C@@H](NC(=O)O)C1)OC(=Cc1n[nH]c3ncccc13)C2=O.